The van der Waals surface area contributed by atoms with E-state index in [2.05, 4.69) is 26.6 Å². The molecule has 0 saturated carbocycles. The van der Waals surface area contributed by atoms with Crippen molar-refractivity contribution in [3.8, 4) is 0 Å². The highest BCUT2D eigenvalue weighted by Crippen LogP contribution is 2.23. The van der Waals surface area contributed by atoms with E-state index >= 15 is 0 Å². The molecule has 21 heavy (non-hydrogen) atoms. The molecule has 0 bridgehead atoms. The summed E-state index contributed by atoms with van der Waals surface area (Å²) < 4.78 is 1.03. The van der Waals surface area contributed by atoms with E-state index in [1.54, 1.807) is 18.2 Å². The van der Waals surface area contributed by atoms with Gasteiger partial charge in [-0.05, 0) is 42.3 Å². The van der Waals surface area contributed by atoms with Crippen LogP contribution in [0.5, 0.6) is 0 Å². The molecule has 0 aliphatic heterocycles. The first-order valence-corrected chi connectivity index (χ1v) is 7.56. The van der Waals surface area contributed by atoms with Gasteiger partial charge in [0.1, 0.15) is 0 Å². The highest BCUT2D eigenvalue weighted by molar-refractivity contribution is 9.10. The van der Waals surface area contributed by atoms with Gasteiger partial charge in [0.2, 0.25) is 0 Å². The normalized spacial score (nSPS) is 10.2. The molecular formula is C15H15BrClN3O. The van der Waals surface area contributed by atoms with Crippen LogP contribution in [0.3, 0.4) is 0 Å². The van der Waals surface area contributed by atoms with Gasteiger partial charge in [0.05, 0.1) is 10.7 Å². The molecule has 2 aromatic carbocycles. The number of nitrogens with two attached hydrogens (primary N) is 1. The lowest BCUT2D eigenvalue weighted by atomic mass is 10.1. The Morgan fingerprint density at radius 2 is 2.05 bits per heavy atom. The predicted octanol–water partition coefficient (Wildman–Crippen LogP) is 4.05. The number of urea groups is 1. The molecule has 2 amide bonds. The van der Waals surface area contributed by atoms with E-state index in [1.165, 1.54) is 0 Å². The number of benzene rings is 2. The van der Waals surface area contributed by atoms with E-state index in [1.807, 2.05) is 24.3 Å². The fourth-order valence-corrected chi connectivity index (χ4v) is 2.49. The molecule has 2 rings (SSSR count). The van der Waals surface area contributed by atoms with Crippen molar-refractivity contribution in [2.24, 2.45) is 0 Å². The number of nitrogens with one attached hydrogen (secondary N) is 2. The third-order valence-electron chi connectivity index (χ3n) is 2.83. The van der Waals surface area contributed by atoms with E-state index in [-0.39, 0.29) is 6.03 Å². The van der Waals surface area contributed by atoms with Crippen molar-refractivity contribution in [2.75, 3.05) is 17.6 Å². The maximum absolute atomic E-state index is 11.8. The lowest BCUT2D eigenvalue weighted by Gasteiger charge is -2.09. The average Bonchev–Trinajstić information content (AvgIpc) is 2.42. The first kappa shape index (κ1) is 15.7. The number of anilines is 2. The number of hydrogen-bond acceptors (Lipinski definition) is 2. The Labute approximate surface area is 136 Å². The molecule has 0 atom stereocenters. The molecule has 2 aromatic rings. The standard InChI is InChI=1S/C15H15BrClN3O/c16-11-3-1-2-10(8-11)6-7-19-15(21)20-14-5-4-12(18)9-13(14)17/h1-5,8-9H,6-7,18H2,(H2,19,20,21). The van der Waals surface area contributed by atoms with Crippen LogP contribution in [0.4, 0.5) is 16.2 Å². The second-order valence-electron chi connectivity index (χ2n) is 4.50. The van der Waals surface area contributed by atoms with Crippen LogP contribution < -0.4 is 16.4 Å². The monoisotopic (exact) mass is 367 g/mol. The summed E-state index contributed by atoms with van der Waals surface area (Å²) >= 11 is 9.41. The molecule has 110 valence electrons. The minimum Gasteiger partial charge on any atom is -0.399 e. The number of hydrogen-bond donors (Lipinski definition) is 3. The zero-order chi connectivity index (χ0) is 15.2. The quantitative estimate of drug-likeness (QED) is 0.713. The van der Waals surface area contributed by atoms with Gasteiger partial charge in [0, 0.05) is 16.7 Å². The fourth-order valence-electron chi connectivity index (χ4n) is 1.81. The summed E-state index contributed by atoms with van der Waals surface area (Å²) in [7, 11) is 0. The molecule has 0 radical (unpaired) electrons. The molecule has 0 unspecified atom stereocenters. The van der Waals surface area contributed by atoms with Crippen LogP contribution in [0.2, 0.25) is 5.02 Å². The number of rotatable bonds is 4. The van der Waals surface area contributed by atoms with Crippen LogP contribution in [0.15, 0.2) is 46.9 Å². The summed E-state index contributed by atoms with van der Waals surface area (Å²) in [6.07, 6.45) is 0.752. The number of carbonyl (C=O) groups is 1. The van der Waals surface area contributed by atoms with Gasteiger partial charge in [-0.15, -0.1) is 0 Å². The topological polar surface area (TPSA) is 67.1 Å². The third-order valence-corrected chi connectivity index (χ3v) is 3.64. The molecule has 0 saturated heterocycles. The minimum atomic E-state index is -0.295. The van der Waals surface area contributed by atoms with Crippen molar-refractivity contribution >= 4 is 44.9 Å². The molecule has 0 aliphatic carbocycles. The zero-order valence-corrected chi connectivity index (χ0v) is 13.5. The predicted molar refractivity (Wildman–Crippen MR) is 90.7 cm³/mol. The van der Waals surface area contributed by atoms with Gasteiger partial charge >= 0.3 is 6.03 Å². The first-order valence-electron chi connectivity index (χ1n) is 6.39. The highest BCUT2D eigenvalue weighted by Gasteiger charge is 2.05. The van der Waals surface area contributed by atoms with Gasteiger partial charge in [-0.2, -0.15) is 0 Å². The second kappa shape index (κ2) is 7.33. The Hall–Kier alpha value is -1.72. The molecular weight excluding hydrogens is 354 g/mol. The van der Waals surface area contributed by atoms with Crippen molar-refractivity contribution in [3.63, 3.8) is 0 Å². The van der Waals surface area contributed by atoms with Crippen LogP contribution >= 0.6 is 27.5 Å². The first-order chi connectivity index (χ1) is 10.0. The maximum atomic E-state index is 11.8. The second-order valence-corrected chi connectivity index (χ2v) is 5.82. The summed E-state index contributed by atoms with van der Waals surface area (Å²) in [6, 6.07) is 12.6. The lowest BCUT2D eigenvalue weighted by Crippen LogP contribution is -2.30. The van der Waals surface area contributed by atoms with Crippen LogP contribution in [-0.2, 0) is 6.42 Å². The number of carbonyl (C=O) groups excluding carboxylic acids is 1. The van der Waals surface area contributed by atoms with E-state index < -0.39 is 0 Å². The van der Waals surface area contributed by atoms with Gasteiger partial charge < -0.3 is 16.4 Å². The van der Waals surface area contributed by atoms with Crippen molar-refractivity contribution in [2.45, 2.75) is 6.42 Å². The molecule has 0 fully saturated rings. The maximum Gasteiger partial charge on any atom is 0.319 e. The Kier molecular flexibility index (Phi) is 5.47. The molecule has 4 N–H and O–H groups in total. The molecule has 0 spiro atoms. The molecule has 0 heterocycles. The summed E-state index contributed by atoms with van der Waals surface area (Å²) in [4.78, 5) is 11.8. The van der Waals surface area contributed by atoms with E-state index in [0.29, 0.717) is 22.9 Å². The van der Waals surface area contributed by atoms with Crippen LogP contribution in [0, 0.1) is 0 Å². The minimum absolute atomic E-state index is 0.295. The summed E-state index contributed by atoms with van der Waals surface area (Å²) in [5.74, 6) is 0. The zero-order valence-electron chi connectivity index (χ0n) is 11.2. The van der Waals surface area contributed by atoms with Crippen molar-refractivity contribution in [1.29, 1.82) is 0 Å². The van der Waals surface area contributed by atoms with E-state index in [9.17, 15) is 4.79 Å². The Morgan fingerprint density at radius 3 is 2.76 bits per heavy atom. The van der Waals surface area contributed by atoms with Crippen LogP contribution in [0.25, 0.3) is 0 Å². The van der Waals surface area contributed by atoms with Gasteiger partial charge in [0.25, 0.3) is 0 Å². The van der Waals surface area contributed by atoms with Gasteiger partial charge in [-0.25, -0.2) is 4.79 Å². The third kappa shape index (κ3) is 4.95. The molecule has 0 aromatic heterocycles. The van der Waals surface area contributed by atoms with Crippen molar-refractivity contribution < 1.29 is 4.79 Å². The molecule has 4 nitrogen and oxygen atoms in total. The summed E-state index contributed by atoms with van der Waals surface area (Å²) in [5, 5.41) is 5.89. The Morgan fingerprint density at radius 1 is 1.24 bits per heavy atom. The Bertz CT molecular complexity index is 649. The lowest BCUT2D eigenvalue weighted by molar-refractivity contribution is 0.252. The van der Waals surface area contributed by atoms with Crippen molar-refractivity contribution in [3.05, 3.63) is 57.5 Å². The van der Waals surface area contributed by atoms with Gasteiger partial charge in [-0.1, -0.05) is 39.7 Å². The largest absolute Gasteiger partial charge is 0.399 e. The van der Waals surface area contributed by atoms with Crippen LogP contribution in [0.1, 0.15) is 5.56 Å². The molecule has 0 aliphatic rings. The van der Waals surface area contributed by atoms with Gasteiger partial charge in [-0.3, -0.25) is 0 Å². The SMILES string of the molecule is Nc1ccc(NC(=O)NCCc2cccc(Br)c2)c(Cl)c1. The fraction of sp³-hybridized carbons (Fsp3) is 0.133. The number of halogens is 2. The molecule has 6 heteroatoms. The highest BCUT2D eigenvalue weighted by atomic mass is 79.9. The summed E-state index contributed by atoms with van der Waals surface area (Å²) in [5.41, 5.74) is 7.84. The number of nitrogen functional groups attached to an aromatic ring is 1. The van der Waals surface area contributed by atoms with E-state index in [0.717, 1.165) is 16.5 Å². The van der Waals surface area contributed by atoms with E-state index in [4.69, 9.17) is 17.3 Å². The van der Waals surface area contributed by atoms with Crippen LogP contribution in [-0.4, -0.2) is 12.6 Å². The van der Waals surface area contributed by atoms with Crippen molar-refractivity contribution in [1.82, 2.24) is 5.32 Å². The number of amides is 2. The summed E-state index contributed by atoms with van der Waals surface area (Å²) in [6.45, 7) is 0.537. The smallest absolute Gasteiger partial charge is 0.319 e. The average molecular weight is 369 g/mol. The Balaban J connectivity index is 1.82. The van der Waals surface area contributed by atoms with Gasteiger partial charge in [0.15, 0.2) is 0 Å².